The molecule has 0 heterocycles. The Labute approximate surface area is 121 Å². The van der Waals surface area contributed by atoms with Gasteiger partial charge in [-0.05, 0) is 38.0 Å². The average molecular weight is 269 g/mol. The molecule has 2 rings (SSSR count). The lowest BCUT2D eigenvalue weighted by atomic mass is 9.99. The zero-order valence-corrected chi connectivity index (χ0v) is 12.5. The molecule has 0 spiro atoms. The second-order valence-electron chi connectivity index (χ2n) is 6.03. The van der Waals surface area contributed by atoms with Crippen LogP contribution in [0.2, 0.25) is 0 Å². The normalized spacial score (nSPS) is 13.2. The van der Waals surface area contributed by atoms with E-state index in [1.165, 1.54) is 5.56 Å². The van der Waals surface area contributed by atoms with Gasteiger partial charge in [-0.1, -0.05) is 48.5 Å². The van der Waals surface area contributed by atoms with E-state index in [1.807, 2.05) is 36.4 Å². The fourth-order valence-corrected chi connectivity index (χ4v) is 2.24. The highest BCUT2D eigenvalue weighted by Gasteiger charge is 2.21. The van der Waals surface area contributed by atoms with Gasteiger partial charge in [0.05, 0.1) is 11.7 Å². The van der Waals surface area contributed by atoms with Gasteiger partial charge in [0, 0.05) is 12.1 Å². The van der Waals surface area contributed by atoms with Crippen molar-refractivity contribution in [3.63, 3.8) is 0 Å². The third kappa shape index (κ3) is 4.10. The number of ether oxygens (including phenoxy) is 1. The summed E-state index contributed by atoms with van der Waals surface area (Å²) < 4.78 is 6.23. The Bertz CT molecular complexity index is 543. The minimum atomic E-state index is -0.190. The number of benzene rings is 2. The quantitative estimate of drug-likeness (QED) is 0.837. The van der Waals surface area contributed by atoms with E-state index in [9.17, 15) is 0 Å². The highest BCUT2D eigenvalue weighted by Crippen LogP contribution is 2.29. The maximum absolute atomic E-state index is 6.23. The van der Waals surface area contributed by atoms with Gasteiger partial charge >= 0.3 is 0 Å². The Hall–Kier alpha value is -1.80. The van der Waals surface area contributed by atoms with Crippen LogP contribution in [0.4, 0.5) is 5.69 Å². The van der Waals surface area contributed by atoms with E-state index in [2.05, 4.69) is 39.0 Å². The van der Waals surface area contributed by atoms with Crippen molar-refractivity contribution in [1.29, 1.82) is 0 Å². The summed E-state index contributed by atoms with van der Waals surface area (Å²) >= 11 is 0. The first-order valence-electron chi connectivity index (χ1n) is 7.02. The van der Waals surface area contributed by atoms with Gasteiger partial charge in [0.15, 0.2) is 0 Å². The standard InChI is InChI=1S/C18H23NO/c1-18(2,3)20-17(14-9-5-4-6-10-14)13-15-11-7-8-12-16(15)19/h4-12,17H,13,19H2,1-3H3. The van der Waals surface area contributed by atoms with Crippen molar-refractivity contribution in [2.45, 2.75) is 38.9 Å². The summed E-state index contributed by atoms with van der Waals surface area (Å²) in [6.07, 6.45) is 0.800. The monoisotopic (exact) mass is 269 g/mol. The molecule has 106 valence electrons. The van der Waals surface area contributed by atoms with Gasteiger partial charge in [0.25, 0.3) is 0 Å². The molecule has 0 saturated carbocycles. The van der Waals surface area contributed by atoms with Crippen LogP contribution in [0.1, 0.15) is 38.0 Å². The molecule has 0 aromatic heterocycles. The molecular formula is C18H23NO. The number of nitrogens with two attached hydrogens (primary N) is 1. The zero-order chi connectivity index (χ0) is 14.6. The van der Waals surface area contributed by atoms with Crippen LogP contribution in [0.15, 0.2) is 54.6 Å². The molecule has 2 aromatic carbocycles. The smallest absolute Gasteiger partial charge is 0.0873 e. The summed E-state index contributed by atoms with van der Waals surface area (Å²) in [6.45, 7) is 6.24. The zero-order valence-electron chi connectivity index (χ0n) is 12.5. The van der Waals surface area contributed by atoms with Crippen molar-refractivity contribution < 1.29 is 4.74 Å². The molecule has 0 aliphatic heterocycles. The van der Waals surface area contributed by atoms with E-state index in [-0.39, 0.29) is 11.7 Å². The molecule has 0 bridgehead atoms. The number of anilines is 1. The maximum atomic E-state index is 6.23. The molecule has 2 N–H and O–H groups in total. The lowest BCUT2D eigenvalue weighted by Crippen LogP contribution is -2.24. The summed E-state index contributed by atoms with van der Waals surface area (Å²) in [5, 5.41) is 0. The molecule has 2 nitrogen and oxygen atoms in total. The van der Waals surface area contributed by atoms with Crippen molar-refractivity contribution in [2.75, 3.05) is 5.73 Å². The molecule has 0 fully saturated rings. The molecule has 0 aliphatic rings. The molecule has 2 heteroatoms. The molecule has 0 amide bonds. The Morgan fingerprint density at radius 2 is 1.55 bits per heavy atom. The van der Waals surface area contributed by atoms with Crippen LogP contribution in [-0.2, 0) is 11.2 Å². The van der Waals surface area contributed by atoms with E-state index < -0.39 is 0 Å². The summed E-state index contributed by atoms with van der Waals surface area (Å²) in [4.78, 5) is 0. The van der Waals surface area contributed by atoms with E-state index in [4.69, 9.17) is 10.5 Å². The average Bonchev–Trinajstić information content (AvgIpc) is 2.40. The number of rotatable bonds is 4. The molecule has 2 aromatic rings. The fraction of sp³-hybridized carbons (Fsp3) is 0.333. The molecule has 0 saturated heterocycles. The summed E-state index contributed by atoms with van der Waals surface area (Å²) in [5.41, 5.74) is 9.01. The van der Waals surface area contributed by atoms with Crippen LogP contribution in [-0.4, -0.2) is 5.60 Å². The maximum Gasteiger partial charge on any atom is 0.0873 e. The number of para-hydroxylation sites is 1. The van der Waals surface area contributed by atoms with Crippen LogP contribution < -0.4 is 5.73 Å². The fourth-order valence-electron chi connectivity index (χ4n) is 2.24. The van der Waals surface area contributed by atoms with Crippen molar-refractivity contribution in [1.82, 2.24) is 0 Å². The number of hydrogen-bond acceptors (Lipinski definition) is 2. The van der Waals surface area contributed by atoms with Crippen molar-refractivity contribution >= 4 is 5.69 Å². The van der Waals surface area contributed by atoms with Gasteiger partial charge in [-0.15, -0.1) is 0 Å². The highest BCUT2D eigenvalue weighted by molar-refractivity contribution is 5.47. The predicted octanol–water partition coefficient (Wildman–Crippen LogP) is 4.37. The van der Waals surface area contributed by atoms with E-state index in [1.54, 1.807) is 0 Å². The minimum absolute atomic E-state index is 0.0147. The van der Waals surface area contributed by atoms with E-state index in [0.29, 0.717) is 0 Å². The Morgan fingerprint density at radius 3 is 2.15 bits per heavy atom. The Kier molecular flexibility index (Phi) is 4.46. The van der Waals surface area contributed by atoms with Crippen LogP contribution in [0.3, 0.4) is 0 Å². The molecule has 1 atom stereocenters. The second kappa shape index (κ2) is 6.10. The Balaban J connectivity index is 2.26. The van der Waals surface area contributed by atoms with Gasteiger partial charge in [-0.25, -0.2) is 0 Å². The molecule has 1 unspecified atom stereocenters. The molecule has 0 radical (unpaired) electrons. The first-order chi connectivity index (χ1) is 9.46. The van der Waals surface area contributed by atoms with Crippen LogP contribution in [0, 0.1) is 0 Å². The van der Waals surface area contributed by atoms with Gasteiger partial charge in [0.2, 0.25) is 0 Å². The minimum Gasteiger partial charge on any atom is -0.399 e. The molecular weight excluding hydrogens is 246 g/mol. The van der Waals surface area contributed by atoms with Gasteiger partial charge in [0.1, 0.15) is 0 Å². The molecule has 20 heavy (non-hydrogen) atoms. The van der Waals surface area contributed by atoms with Crippen molar-refractivity contribution in [3.05, 3.63) is 65.7 Å². The van der Waals surface area contributed by atoms with Gasteiger partial charge in [-0.3, -0.25) is 0 Å². The van der Waals surface area contributed by atoms with Crippen LogP contribution in [0.25, 0.3) is 0 Å². The lowest BCUT2D eigenvalue weighted by Gasteiger charge is -2.28. The van der Waals surface area contributed by atoms with Crippen molar-refractivity contribution in [3.8, 4) is 0 Å². The highest BCUT2D eigenvalue weighted by atomic mass is 16.5. The van der Waals surface area contributed by atoms with E-state index >= 15 is 0 Å². The largest absolute Gasteiger partial charge is 0.399 e. The summed E-state index contributed by atoms with van der Waals surface area (Å²) in [5.74, 6) is 0. The lowest BCUT2D eigenvalue weighted by molar-refractivity contribution is -0.0613. The third-order valence-corrected chi connectivity index (χ3v) is 3.13. The SMILES string of the molecule is CC(C)(C)OC(Cc1ccccc1N)c1ccccc1. The third-order valence-electron chi connectivity index (χ3n) is 3.13. The van der Waals surface area contributed by atoms with Crippen LogP contribution >= 0.6 is 0 Å². The van der Waals surface area contributed by atoms with E-state index in [0.717, 1.165) is 17.7 Å². The number of hydrogen-bond donors (Lipinski definition) is 1. The van der Waals surface area contributed by atoms with Gasteiger partial charge in [-0.2, -0.15) is 0 Å². The first kappa shape index (κ1) is 14.6. The van der Waals surface area contributed by atoms with Gasteiger partial charge < -0.3 is 10.5 Å². The van der Waals surface area contributed by atoms with Crippen molar-refractivity contribution in [2.24, 2.45) is 0 Å². The predicted molar refractivity (Wildman–Crippen MR) is 84.6 cm³/mol. The second-order valence-corrected chi connectivity index (χ2v) is 6.03. The topological polar surface area (TPSA) is 35.2 Å². The summed E-state index contributed by atoms with van der Waals surface area (Å²) in [7, 11) is 0. The molecule has 0 aliphatic carbocycles. The van der Waals surface area contributed by atoms with Crippen LogP contribution in [0.5, 0.6) is 0 Å². The summed E-state index contributed by atoms with van der Waals surface area (Å²) in [6, 6.07) is 18.3. The first-order valence-corrected chi connectivity index (χ1v) is 7.02. The Morgan fingerprint density at radius 1 is 0.950 bits per heavy atom. The number of nitrogen functional groups attached to an aromatic ring is 1.